The lowest BCUT2D eigenvalue weighted by molar-refractivity contribution is 0.333. The second kappa shape index (κ2) is 6.50. The first-order chi connectivity index (χ1) is 9.83. The highest BCUT2D eigenvalue weighted by molar-refractivity contribution is 7.17. The highest BCUT2D eigenvalue weighted by Crippen LogP contribution is 2.25. The Bertz CT molecular complexity index is 613. The van der Waals surface area contributed by atoms with E-state index < -0.39 is 0 Å². The molecule has 2 heterocycles. The van der Waals surface area contributed by atoms with Crippen LogP contribution in [0.5, 0.6) is 0 Å². The molecule has 0 radical (unpaired) electrons. The molecule has 0 aliphatic heterocycles. The van der Waals surface area contributed by atoms with Crippen LogP contribution in [0.15, 0.2) is 16.2 Å². The van der Waals surface area contributed by atoms with Gasteiger partial charge in [-0.05, 0) is 30.3 Å². The summed E-state index contributed by atoms with van der Waals surface area (Å²) in [4.78, 5) is 19.2. The van der Waals surface area contributed by atoms with Gasteiger partial charge in [-0.2, -0.15) is 0 Å². The van der Waals surface area contributed by atoms with Gasteiger partial charge >= 0.3 is 0 Å². The van der Waals surface area contributed by atoms with Crippen LogP contribution in [0, 0.1) is 5.92 Å². The Kier molecular flexibility index (Phi) is 4.47. The van der Waals surface area contributed by atoms with Crippen LogP contribution in [-0.4, -0.2) is 16.5 Å². The van der Waals surface area contributed by atoms with E-state index in [1.165, 1.54) is 49.9 Å². The van der Waals surface area contributed by atoms with Gasteiger partial charge in [-0.25, -0.2) is 4.98 Å². The zero-order valence-electron chi connectivity index (χ0n) is 11.7. The molecule has 1 saturated carbocycles. The van der Waals surface area contributed by atoms with E-state index in [1.807, 2.05) is 11.4 Å². The third kappa shape index (κ3) is 3.27. The lowest BCUT2D eigenvalue weighted by Gasteiger charge is -2.21. The van der Waals surface area contributed by atoms with Crippen molar-refractivity contribution in [1.82, 2.24) is 15.3 Å². The van der Waals surface area contributed by atoms with Crippen LogP contribution in [-0.2, 0) is 6.54 Å². The molecule has 2 aromatic rings. The minimum atomic E-state index is -0.0194. The van der Waals surface area contributed by atoms with Crippen molar-refractivity contribution in [3.8, 4) is 0 Å². The molecule has 20 heavy (non-hydrogen) atoms. The molecule has 2 aromatic heterocycles. The molecule has 0 spiro atoms. The zero-order valence-corrected chi connectivity index (χ0v) is 12.5. The minimum absolute atomic E-state index is 0.0194. The number of thiophene rings is 1. The second-order valence-electron chi connectivity index (χ2n) is 5.62. The molecule has 0 unspecified atom stereocenters. The van der Waals surface area contributed by atoms with Crippen molar-refractivity contribution in [1.29, 1.82) is 0 Å². The summed E-state index contributed by atoms with van der Waals surface area (Å²) in [6.45, 7) is 1.66. The molecule has 0 bridgehead atoms. The minimum Gasteiger partial charge on any atom is -0.310 e. The first kappa shape index (κ1) is 13.8. The largest absolute Gasteiger partial charge is 0.310 e. The summed E-state index contributed by atoms with van der Waals surface area (Å²) < 4.78 is 0.718. The second-order valence-corrected chi connectivity index (χ2v) is 6.53. The van der Waals surface area contributed by atoms with E-state index in [2.05, 4.69) is 15.3 Å². The number of fused-ring (bicyclic) bond motifs is 1. The summed E-state index contributed by atoms with van der Waals surface area (Å²) in [6, 6.07) is 1.90. The van der Waals surface area contributed by atoms with Crippen LogP contribution in [0.3, 0.4) is 0 Å². The monoisotopic (exact) mass is 291 g/mol. The Balaban J connectivity index is 1.50. The van der Waals surface area contributed by atoms with E-state index >= 15 is 0 Å². The normalized spacial score (nSPS) is 16.8. The van der Waals surface area contributed by atoms with Crippen LogP contribution in [0.2, 0.25) is 0 Å². The molecule has 0 amide bonds. The van der Waals surface area contributed by atoms with Crippen molar-refractivity contribution in [2.45, 2.75) is 45.1 Å². The molecule has 0 aromatic carbocycles. The smallest absolute Gasteiger partial charge is 0.268 e. The Hall–Kier alpha value is -1.20. The fourth-order valence-corrected chi connectivity index (χ4v) is 3.72. The van der Waals surface area contributed by atoms with Crippen LogP contribution in [0.25, 0.3) is 10.2 Å². The maximum absolute atomic E-state index is 11.8. The van der Waals surface area contributed by atoms with Crippen molar-refractivity contribution in [3.05, 3.63) is 27.6 Å². The fraction of sp³-hybridized carbons (Fsp3) is 0.600. The number of aromatic amines is 1. The maximum atomic E-state index is 11.8. The molecule has 2 N–H and O–H groups in total. The van der Waals surface area contributed by atoms with Crippen molar-refractivity contribution in [2.24, 2.45) is 5.92 Å². The quantitative estimate of drug-likeness (QED) is 0.832. The molecular formula is C15H21N3OS. The van der Waals surface area contributed by atoms with Gasteiger partial charge in [0.15, 0.2) is 0 Å². The van der Waals surface area contributed by atoms with E-state index in [4.69, 9.17) is 0 Å². The summed E-state index contributed by atoms with van der Waals surface area (Å²) in [6.07, 6.45) is 8.22. The van der Waals surface area contributed by atoms with Crippen LogP contribution in [0.4, 0.5) is 0 Å². The Labute approximate surface area is 122 Å². The van der Waals surface area contributed by atoms with Crippen molar-refractivity contribution < 1.29 is 0 Å². The number of H-pyrrole nitrogens is 1. The van der Waals surface area contributed by atoms with Gasteiger partial charge in [0.1, 0.15) is 10.5 Å². The summed E-state index contributed by atoms with van der Waals surface area (Å²) in [7, 11) is 0. The van der Waals surface area contributed by atoms with E-state index in [9.17, 15) is 4.79 Å². The van der Waals surface area contributed by atoms with Crippen LogP contribution >= 0.6 is 11.3 Å². The summed E-state index contributed by atoms with van der Waals surface area (Å²) in [5.74, 6) is 1.63. The van der Waals surface area contributed by atoms with Gasteiger partial charge in [0.05, 0.1) is 12.1 Å². The van der Waals surface area contributed by atoms with E-state index in [0.29, 0.717) is 6.54 Å². The molecule has 108 valence electrons. The Morgan fingerprint density at radius 1 is 1.35 bits per heavy atom. The third-order valence-corrected chi connectivity index (χ3v) is 5.01. The highest BCUT2D eigenvalue weighted by atomic mass is 32.1. The molecule has 1 aliphatic rings. The molecule has 0 atom stereocenters. The molecule has 3 rings (SSSR count). The van der Waals surface area contributed by atoms with E-state index in [0.717, 1.165) is 28.5 Å². The first-order valence-electron chi connectivity index (χ1n) is 7.50. The zero-order chi connectivity index (χ0) is 13.8. The molecular weight excluding hydrogens is 270 g/mol. The molecule has 5 heteroatoms. The highest BCUT2D eigenvalue weighted by Gasteiger charge is 2.12. The standard InChI is InChI=1S/C15H21N3OS/c19-15-14-12(7-9-20-14)17-13(18-15)10-16-8-6-11-4-2-1-3-5-11/h7,9,11,16H,1-6,8,10H2,(H,17,18,19). The molecule has 0 saturated heterocycles. The predicted octanol–water partition coefficient (Wildman–Crippen LogP) is 3.04. The third-order valence-electron chi connectivity index (χ3n) is 4.11. The van der Waals surface area contributed by atoms with Gasteiger partial charge in [0.2, 0.25) is 0 Å². The van der Waals surface area contributed by atoms with Crippen molar-refractivity contribution in [3.63, 3.8) is 0 Å². The van der Waals surface area contributed by atoms with Crippen molar-refractivity contribution >= 4 is 21.6 Å². The predicted molar refractivity (Wildman–Crippen MR) is 83.1 cm³/mol. The van der Waals surface area contributed by atoms with Gasteiger partial charge < -0.3 is 10.3 Å². The number of aromatic nitrogens is 2. The number of nitrogens with zero attached hydrogens (tertiary/aromatic N) is 1. The van der Waals surface area contributed by atoms with Crippen LogP contribution < -0.4 is 10.9 Å². The number of hydrogen-bond donors (Lipinski definition) is 2. The fourth-order valence-electron chi connectivity index (χ4n) is 2.99. The molecule has 4 nitrogen and oxygen atoms in total. The first-order valence-corrected chi connectivity index (χ1v) is 8.38. The maximum Gasteiger partial charge on any atom is 0.268 e. The van der Waals surface area contributed by atoms with E-state index in [-0.39, 0.29) is 5.56 Å². The molecule has 1 aliphatic carbocycles. The average molecular weight is 291 g/mol. The summed E-state index contributed by atoms with van der Waals surface area (Å²) in [5.41, 5.74) is 0.789. The van der Waals surface area contributed by atoms with Gasteiger partial charge in [-0.1, -0.05) is 32.1 Å². The Morgan fingerprint density at radius 3 is 3.05 bits per heavy atom. The molecule has 1 fully saturated rings. The van der Waals surface area contributed by atoms with Gasteiger partial charge in [0.25, 0.3) is 5.56 Å². The SMILES string of the molecule is O=c1[nH]c(CNCCC2CCCCC2)nc2ccsc12. The summed E-state index contributed by atoms with van der Waals surface area (Å²) >= 11 is 1.44. The van der Waals surface area contributed by atoms with E-state index in [1.54, 1.807) is 0 Å². The number of hydrogen-bond acceptors (Lipinski definition) is 4. The number of rotatable bonds is 5. The Morgan fingerprint density at radius 2 is 2.20 bits per heavy atom. The topological polar surface area (TPSA) is 57.8 Å². The van der Waals surface area contributed by atoms with Gasteiger partial charge in [-0.15, -0.1) is 11.3 Å². The van der Waals surface area contributed by atoms with Gasteiger partial charge in [-0.3, -0.25) is 4.79 Å². The van der Waals surface area contributed by atoms with Gasteiger partial charge in [0, 0.05) is 0 Å². The lowest BCUT2D eigenvalue weighted by atomic mass is 9.87. The number of nitrogens with one attached hydrogen (secondary N) is 2. The van der Waals surface area contributed by atoms with Crippen molar-refractivity contribution in [2.75, 3.05) is 6.54 Å². The van der Waals surface area contributed by atoms with Crippen LogP contribution in [0.1, 0.15) is 44.3 Å². The summed E-state index contributed by atoms with van der Waals surface area (Å²) in [5, 5.41) is 5.31. The lowest BCUT2D eigenvalue weighted by Crippen LogP contribution is -2.22. The average Bonchev–Trinajstić information content (AvgIpc) is 2.94.